The van der Waals surface area contributed by atoms with Crippen LogP contribution in [-0.4, -0.2) is 5.78 Å². The quantitative estimate of drug-likeness (QED) is 0.607. The van der Waals surface area contributed by atoms with Crippen molar-refractivity contribution in [2.24, 2.45) is 39.9 Å². The Balaban J connectivity index is 1.78. The van der Waals surface area contributed by atoms with Crippen LogP contribution in [0, 0.1) is 51.2 Å². The summed E-state index contributed by atoms with van der Waals surface area (Å²) in [6.45, 7) is 9.08. The van der Waals surface area contributed by atoms with E-state index in [0.29, 0.717) is 22.8 Å². The van der Waals surface area contributed by atoms with Gasteiger partial charge in [0.1, 0.15) is 6.07 Å². The van der Waals surface area contributed by atoms with Gasteiger partial charge in [-0.15, -0.1) is 0 Å². The summed E-state index contributed by atoms with van der Waals surface area (Å²) in [5.41, 5.74) is 0.622. The van der Waals surface area contributed by atoms with E-state index in [4.69, 9.17) is 0 Å². The van der Waals surface area contributed by atoms with Crippen LogP contribution in [0.5, 0.6) is 0 Å². The van der Waals surface area contributed by atoms with Crippen LogP contribution in [0.25, 0.3) is 0 Å². The average molecular weight is 325 g/mol. The maximum Gasteiger partial charge on any atom is 0.178 e. The number of rotatable bonds is 0. The molecule has 0 aromatic rings. The van der Waals surface area contributed by atoms with Gasteiger partial charge >= 0.3 is 0 Å². The molecule has 130 valence electrons. The summed E-state index contributed by atoms with van der Waals surface area (Å²) in [4.78, 5) is 12.8. The fourth-order valence-electron chi connectivity index (χ4n) is 7.69. The predicted molar refractivity (Wildman–Crippen MR) is 95.0 cm³/mol. The Morgan fingerprint density at radius 2 is 1.79 bits per heavy atom. The summed E-state index contributed by atoms with van der Waals surface area (Å²) < 4.78 is 0. The molecule has 0 heterocycles. The molecule has 0 saturated heterocycles. The maximum atomic E-state index is 12.8. The molecule has 24 heavy (non-hydrogen) atoms. The summed E-state index contributed by atoms with van der Waals surface area (Å²) in [7, 11) is 0. The first kappa shape index (κ1) is 16.4. The third-order valence-corrected chi connectivity index (χ3v) is 8.83. The largest absolute Gasteiger partial charge is 0.293 e. The zero-order valence-electron chi connectivity index (χ0n) is 15.7. The number of carbonyl (C=O) groups excluding carboxylic acids is 1. The van der Waals surface area contributed by atoms with Crippen molar-refractivity contribution in [1.82, 2.24) is 0 Å². The first-order chi connectivity index (χ1) is 11.2. The van der Waals surface area contributed by atoms with Crippen molar-refractivity contribution in [2.75, 3.05) is 0 Å². The summed E-state index contributed by atoms with van der Waals surface area (Å²) in [6.07, 6.45) is 11.4. The number of allylic oxidation sites excluding steroid dienone is 2. The Hall–Kier alpha value is -1.10. The molecule has 4 rings (SSSR count). The zero-order chi connectivity index (χ0) is 17.3. The van der Waals surface area contributed by atoms with Crippen LogP contribution < -0.4 is 0 Å². The van der Waals surface area contributed by atoms with Crippen LogP contribution in [0.3, 0.4) is 0 Å². The molecule has 3 saturated carbocycles. The van der Waals surface area contributed by atoms with E-state index >= 15 is 0 Å². The Kier molecular flexibility index (Phi) is 3.39. The highest BCUT2D eigenvalue weighted by Crippen LogP contribution is 2.67. The molecule has 3 fully saturated rings. The van der Waals surface area contributed by atoms with Crippen molar-refractivity contribution in [1.29, 1.82) is 5.26 Å². The van der Waals surface area contributed by atoms with Crippen LogP contribution >= 0.6 is 0 Å². The van der Waals surface area contributed by atoms with Gasteiger partial charge in [-0.3, -0.25) is 4.79 Å². The topological polar surface area (TPSA) is 40.9 Å². The highest BCUT2D eigenvalue weighted by Gasteiger charge is 2.61. The van der Waals surface area contributed by atoms with Crippen molar-refractivity contribution >= 4 is 5.78 Å². The van der Waals surface area contributed by atoms with Gasteiger partial charge in [-0.1, -0.05) is 40.2 Å². The average Bonchev–Trinajstić information content (AvgIpc) is 2.93. The van der Waals surface area contributed by atoms with Gasteiger partial charge in [0.25, 0.3) is 0 Å². The third-order valence-electron chi connectivity index (χ3n) is 8.83. The number of carbonyl (C=O) groups is 1. The number of Topliss-reactive ketones (excluding diaryl/α,β-unsaturated/α-hetero) is 1. The second kappa shape index (κ2) is 4.96. The van der Waals surface area contributed by atoms with E-state index in [1.807, 2.05) is 0 Å². The summed E-state index contributed by atoms with van der Waals surface area (Å²) >= 11 is 0. The molecule has 6 atom stereocenters. The molecule has 2 heteroatoms. The Morgan fingerprint density at radius 3 is 2.50 bits per heavy atom. The molecule has 0 radical (unpaired) electrons. The molecule has 2 nitrogen and oxygen atoms in total. The van der Waals surface area contributed by atoms with E-state index in [9.17, 15) is 10.1 Å². The monoisotopic (exact) mass is 325 g/mol. The van der Waals surface area contributed by atoms with Crippen molar-refractivity contribution in [3.63, 3.8) is 0 Å². The summed E-state index contributed by atoms with van der Waals surface area (Å²) in [6, 6.07) is 2.23. The Morgan fingerprint density at radius 1 is 1.04 bits per heavy atom. The summed E-state index contributed by atoms with van der Waals surface area (Å²) in [5.74, 6) is 2.79. The van der Waals surface area contributed by atoms with E-state index < -0.39 is 5.41 Å². The molecular weight excluding hydrogens is 294 g/mol. The van der Waals surface area contributed by atoms with Crippen LogP contribution in [-0.2, 0) is 4.79 Å². The van der Waals surface area contributed by atoms with Crippen LogP contribution in [0.1, 0.15) is 72.6 Å². The van der Waals surface area contributed by atoms with E-state index in [1.165, 1.54) is 38.5 Å². The predicted octanol–water partition coefficient (Wildman–Crippen LogP) is 5.29. The minimum Gasteiger partial charge on any atom is -0.293 e. The molecule has 0 aliphatic heterocycles. The van der Waals surface area contributed by atoms with Crippen molar-refractivity contribution in [3.05, 3.63) is 11.6 Å². The molecule has 4 aliphatic rings. The molecule has 4 unspecified atom stereocenters. The Labute approximate surface area is 146 Å². The Bertz CT molecular complexity index is 653. The molecule has 0 spiro atoms. The van der Waals surface area contributed by atoms with Gasteiger partial charge < -0.3 is 0 Å². The van der Waals surface area contributed by atoms with Gasteiger partial charge in [0.05, 0.1) is 5.57 Å². The van der Waals surface area contributed by atoms with E-state index in [-0.39, 0.29) is 11.2 Å². The van der Waals surface area contributed by atoms with E-state index in [2.05, 4.69) is 39.8 Å². The molecular formula is C22H31NO. The van der Waals surface area contributed by atoms with E-state index in [0.717, 1.165) is 18.3 Å². The lowest BCUT2D eigenvalue weighted by Gasteiger charge is -2.61. The first-order valence-corrected chi connectivity index (χ1v) is 9.92. The highest BCUT2D eigenvalue weighted by atomic mass is 16.1. The van der Waals surface area contributed by atoms with Crippen molar-refractivity contribution in [3.8, 4) is 6.07 Å². The molecule has 0 aromatic carbocycles. The zero-order valence-corrected chi connectivity index (χ0v) is 15.7. The number of nitrogens with zero attached hydrogens (tertiary/aromatic N) is 1. The standard InChI is InChI=1S/C22H31NO/c1-20(2)18-8-7-15-16-6-5-10-21(16,3)11-9-17(15)22(18,4)12-14(13-23)19(20)24/h12,15-18H,5-11H2,1-4H3/t15?,16?,17?,18?,21-,22+/m0/s1. The molecule has 0 N–H and O–H groups in total. The molecule has 0 amide bonds. The van der Waals surface area contributed by atoms with Crippen molar-refractivity contribution < 1.29 is 4.79 Å². The van der Waals surface area contributed by atoms with Gasteiger partial charge in [-0.2, -0.15) is 5.26 Å². The van der Waals surface area contributed by atoms with Gasteiger partial charge in [0.15, 0.2) is 5.78 Å². The minimum absolute atomic E-state index is 0.0231. The normalized spacial score (nSPS) is 49.5. The van der Waals surface area contributed by atoms with Gasteiger partial charge in [0, 0.05) is 5.41 Å². The number of hydrogen-bond acceptors (Lipinski definition) is 2. The minimum atomic E-state index is -0.393. The lowest BCUT2D eigenvalue weighted by atomic mass is 9.42. The molecule has 0 aromatic heterocycles. The second-order valence-electron chi connectivity index (χ2n) is 10.2. The van der Waals surface area contributed by atoms with Crippen molar-refractivity contribution in [2.45, 2.75) is 72.6 Å². The van der Waals surface area contributed by atoms with Gasteiger partial charge in [-0.05, 0) is 73.0 Å². The van der Waals surface area contributed by atoms with E-state index in [1.54, 1.807) is 0 Å². The van der Waals surface area contributed by atoms with Crippen LogP contribution in [0.4, 0.5) is 0 Å². The maximum absolute atomic E-state index is 12.8. The summed E-state index contributed by atoms with van der Waals surface area (Å²) in [5, 5.41) is 9.55. The number of ketones is 1. The molecule has 4 aliphatic carbocycles. The number of fused-ring (bicyclic) bond motifs is 5. The fourth-order valence-corrected chi connectivity index (χ4v) is 7.69. The second-order valence-corrected chi connectivity index (χ2v) is 10.2. The highest BCUT2D eigenvalue weighted by molar-refractivity contribution is 6.04. The number of hydrogen-bond donors (Lipinski definition) is 0. The SMILES string of the molecule is CC1(C)C(=O)C(C#N)=C[C@]2(C)C3CC[C@]4(C)CCCC4C3CCC12. The van der Waals surface area contributed by atoms with Crippen LogP contribution in [0.2, 0.25) is 0 Å². The lowest BCUT2D eigenvalue weighted by molar-refractivity contribution is -0.141. The third kappa shape index (κ3) is 1.91. The number of nitriles is 1. The van der Waals surface area contributed by atoms with Crippen LogP contribution in [0.15, 0.2) is 11.6 Å². The van der Waals surface area contributed by atoms with Gasteiger partial charge in [-0.25, -0.2) is 0 Å². The van der Waals surface area contributed by atoms with Gasteiger partial charge in [0.2, 0.25) is 0 Å². The fraction of sp³-hybridized carbons (Fsp3) is 0.818. The smallest absolute Gasteiger partial charge is 0.178 e. The lowest BCUT2D eigenvalue weighted by Crippen LogP contribution is -2.56. The first-order valence-electron chi connectivity index (χ1n) is 9.92. The molecule has 0 bridgehead atoms.